The Hall–Kier alpha value is -3.48. The van der Waals surface area contributed by atoms with E-state index in [4.69, 9.17) is 19.6 Å². The number of fused-ring (bicyclic) bond motifs is 2. The quantitative estimate of drug-likeness (QED) is 0.325. The van der Waals surface area contributed by atoms with E-state index in [0.29, 0.717) is 59.5 Å². The summed E-state index contributed by atoms with van der Waals surface area (Å²) in [6, 6.07) is 9.84. The molecule has 7 nitrogen and oxygen atoms in total. The van der Waals surface area contributed by atoms with Crippen LogP contribution in [0, 0.1) is 12.8 Å². The third-order valence-corrected chi connectivity index (χ3v) is 5.47. The highest BCUT2D eigenvalue weighted by Gasteiger charge is 2.21. The number of nitrogen functional groups attached to an aromatic ring is 1. The maximum absolute atomic E-state index is 12.0. The van der Waals surface area contributed by atoms with Crippen molar-refractivity contribution >= 4 is 22.6 Å². The number of anilines is 1. The largest absolute Gasteiger partial charge is 0.507 e. The van der Waals surface area contributed by atoms with Gasteiger partial charge in [-0.2, -0.15) is 0 Å². The summed E-state index contributed by atoms with van der Waals surface area (Å²) in [6.45, 7) is 6.98. The molecule has 2 heterocycles. The number of phenols is 1. The number of unbranched alkanes of at least 4 members (excludes halogenated alkanes) is 1. The van der Waals surface area contributed by atoms with Crippen molar-refractivity contribution in [3.05, 3.63) is 63.5 Å². The Balaban J connectivity index is 0.000000196. The third kappa shape index (κ3) is 6.06. The van der Waals surface area contributed by atoms with Gasteiger partial charge >= 0.3 is 5.97 Å². The molecule has 4 rings (SSSR count). The van der Waals surface area contributed by atoms with Crippen LogP contribution in [0.15, 0.2) is 45.6 Å². The lowest BCUT2D eigenvalue weighted by molar-refractivity contribution is 0.0500. The van der Waals surface area contributed by atoms with E-state index in [1.165, 1.54) is 6.07 Å². The maximum Gasteiger partial charge on any atom is 0.338 e. The van der Waals surface area contributed by atoms with Crippen LogP contribution in [0.3, 0.4) is 0 Å². The number of aromatic hydroxyl groups is 1. The van der Waals surface area contributed by atoms with Gasteiger partial charge in [-0.1, -0.05) is 20.3 Å². The first-order valence-corrected chi connectivity index (χ1v) is 11.2. The Labute approximate surface area is 193 Å². The van der Waals surface area contributed by atoms with Gasteiger partial charge in [-0.3, -0.25) is 4.79 Å². The minimum atomic E-state index is -0.279. The van der Waals surface area contributed by atoms with E-state index in [1.807, 2.05) is 0 Å². The number of benzene rings is 2. The molecule has 0 aliphatic carbocycles. The van der Waals surface area contributed by atoms with Crippen LogP contribution in [0.25, 0.3) is 11.0 Å². The van der Waals surface area contributed by atoms with Gasteiger partial charge in [-0.25, -0.2) is 4.79 Å². The van der Waals surface area contributed by atoms with E-state index in [0.717, 1.165) is 19.3 Å². The number of carbonyl (C=O) groups is 1. The molecule has 0 fully saturated rings. The highest BCUT2D eigenvalue weighted by molar-refractivity contribution is 5.89. The zero-order valence-electron chi connectivity index (χ0n) is 19.3. The third-order valence-electron chi connectivity index (χ3n) is 5.47. The molecular formula is C26H31NO6. The lowest BCUT2D eigenvalue weighted by Gasteiger charge is -2.11. The van der Waals surface area contributed by atoms with Crippen LogP contribution in [0.2, 0.25) is 0 Å². The average molecular weight is 454 g/mol. The van der Waals surface area contributed by atoms with Crippen LogP contribution in [0.1, 0.15) is 54.8 Å². The molecule has 1 unspecified atom stereocenters. The van der Waals surface area contributed by atoms with Crippen molar-refractivity contribution in [1.82, 2.24) is 0 Å². The Kier molecular flexibility index (Phi) is 7.98. The Morgan fingerprint density at radius 3 is 2.67 bits per heavy atom. The predicted octanol–water partition coefficient (Wildman–Crippen LogP) is 4.99. The molecule has 0 amide bonds. The highest BCUT2D eigenvalue weighted by atomic mass is 16.5. The van der Waals surface area contributed by atoms with Gasteiger partial charge < -0.3 is 24.7 Å². The monoisotopic (exact) mass is 453 g/mol. The van der Waals surface area contributed by atoms with E-state index < -0.39 is 0 Å². The summed E-state index contributed by atoms with van der Waals surface area (Å²) in [5, 5.41) is 10.6. The van der Waals surface area contributed by atoms with E-state index in [1.54, 1.807) is 37.3 Å². The first-order chi connectivity index (χ1) is 15.8. The number of nitrogens with two attached hydrogens (primary N) is 1. The highest BCUT2D eigenvalue weighted by Crippen LogP contribution is 2.38. The molecule has 2 aromatic carbocycles. The van der Waals surface area contributed by atoms with Gasteiger partial charge in [0.2, 0.25) is 0 Å². The van der Waals surface area contributed by atoms with Crippen molar-refractivity contribution in [1.29, 1.82) is 0 Å². The molecule has 0 bridgehead atoms. The molecule has 7 heteroatoms. The van der Waals surface area contributed by atoms with E-state index >= 15 is 0 Å². The normalized spacial score (nSPS) is 14.9. The molecule has 0 radical (unpaired) electrons. The Morgan fingerprint density at radius 2 is 1.97 bits per heavy atom. The molecule has 1 aliphatic rings. The number of aryl methyl sites for hydroxylation is 1. The molecule has 3 N–H and O–H groups in total. The summed E-state index contributed by atoms with van der Waals surface area (Å²) >= 11 is 0. The summed E-state index contributed by atoms with van der Waals surface area (Å²) in [5.41, 5.74) is 7.58. The fourth-order valence-electron chi connectivity index (χ4n) is 3.53. The number of ether oxygens (including phenoxy) is 2. The van der Waals surface area contributed by atoms with Crippen LogP contribution < -0.4 is 15.9 Å². The van der Waals surface area contributed by atoms with Crippen molar-refractivity contribution in [3.8, 4) is 11.5 Å². The van der Waals surface area contributed by atoms with Crippen molar-refractivity contribution in [2.45, 2.75) is 46.5 Å². The maximum atomic E-state index is 12.0. The Morgan fingerprint density at radius 1 is 1.24 bits per heavy atom. The zero-order chi connectivity index (χ0) is 24.0. The lowest BCUT2D eigenvalue weighted by Crippen LogP contribution is -2.06. The molecule has 176 valence electrons. The molecule has 1 aliphatic heterocycles. The SMILES string of the molecule is CCCCOC(=O)c1ccc(N)cc1.Cc1cc(=O)c2c(O)c3c(cc2o1)OCC(C)CC3. The Bertz CT molecular complexity index is 1170. The van der Waals surface area contributed by atoms with E-state index in [9.17, 15) is 14.7 Å². The van der Waals surface area contributed by atoms with Crippen LogP contribution in [0.5, 0.6) is 11.5 Å². The minimum absolute atomic E-state index is 0.00958. The summed E-state index contributed by atoms with van der Waals surface area (Å²) in [4.78, 5) is 23.4. The summed E-state index contributed by atoms with van der Waals surface area (Å²) in [6.07, 6.45) is 3.57. The minimum Gasteiger partial charge on any atom is -0.507 e. The van der Waals surface area contributed by atoms with Gasteiger partial charge in [-0.15, -0.1) is 0 Å². The standard InChI is InChI=1S/C15H16O4.C11H15NO2/c1-8-3-4-10-12(18-7-8)6-13-14(15(10)17)11(16)5-9(2)19-13;1-2-3-8-14-11(13)9-4-6-10(12)7-5-9/h5-6,8,17H,3-4,7H2,1-2H3;4-7H,2-3,8,12H2,1H3. The van der Waals surface area contributed by atoms with Crippen molar-refractivity contribution in [2.24, 2.45) is 5.92 Å². The van der Waals surface area contributed by atoms with E-state index in [-0.39, 0.29) is 22.5 Å². The zero-order valence-corrected chi connectivity index (χ0v) is 19.3. The second kappa shape index (κ2) is 10.9. The van der Waals surface area contributed by atoms with Crippen molar-refractivity contribution in [2.75, 3.05) is 18.9 Å². The van der Waals surface area contributed by atoms with Gasteiger partial charge in [0.25, 0.3) is 0 Å². The second-order valence-corrected chi connectivity index (χ2v) is 8.36. The molecule has 1 aromatic heterocycles. The number of carbonyl (C=O) groups excluding carboxylic acids is 1. The summed E-state index contributed by atoms with van der Waals surface area (Å²) < 4.78 is 16.3. The van der Waals surface area contributed by atoms with Gasteiger partial charge in [-0.05, 0) is 56.4 Å². The number of hydrogen-bond acceptors (Lipinski definition) is 7. The first-order valence-electron chi connectivity index (χ1n) is 11.2. The molecular weight excluding hydrogens is 422 g/mol. The van der Waals surface area contributed by atoms with Gasteiger partial charge in [0.05, 0.1) is 18.8 Å². The van der Waals surface area contributed by atoms with Crippen LogP contribution in [0.4, 0.5) is 5.69 Å². The number of esters is 1. The van der Waals surface area contributed by atoms with Gasteiger partial charge in [0.1, 0.15) is 28.2 Å². The predicted molar refractivity (Wildman–Crippen MR) is 128 cm³/mol. The van der Waals surface area contributed by atoms with Crippen LogP contribution in [-0.4, -0.2) is 24.3 Å². The van der Waals surface area contributed by atoms with Gasteiger partial charge in [0, 0.05) is 23.4 Å². The summed E-state index contributed by atoms with van der Waals surface area (Å²) in [5.74, 6) is 1.32. The molecule has 3 aromatic rings. The fourth-order valence-corrected chi connectivity index (χ4v) is 3.53. The number of rotatable bonds is 4. The summed E-state index contributed by atoms with van der Waals surface area (Å²) in [7, 11) is 0. The smallest absolute Gasteiger partial charge is 0.338 e. The molecule has 0 saturated carbocycles. The average Bonchev–Trinajstić information content (AvgIpc) is 2.96. The number of hydrogen-bond donors (Lipinski definition) is 2. The molecule has 0 spiro atoms. The number of phenolic OH excluding ortho intramolecular Hbond substituents is 1. The van der Waals surface area contributed by atoms with Crippen molar-refractivity contribution < 1.29 is 23.8 Å². The van der Waals surface area contributed by atoms with Crippen molar-refractivity contribution in [3.63, 3.8) is 0 Å². The topological polar surface area (TPSA) is 112 Å². The lowest BCUT2D eigenvalue weighted by atomic mass is 10.00. The molecule has 1 atom stereocenters. The van der Waals surface area contributed by atoms with Gasteiger partial charge in [0.15, 0.2) is 5.43 Å². The fraction of sp³-hybridized carbons (Fsp3) is 0.385. The first kappa shape index (κ1) is 24.2. The van der Waals surface area contributed by atoms with Crippen LogP contribution >= 0.6 is 0 Å². The van der Waals surface area contributed by atoms with Crippen LogP contribution in [-0.2, 0) is 11.2 Å². The molecule has 33 heavy (non-hydrogen) atoms. The van der Waals surface area contributed by atoms with E-state index in [2.05, 4.69) is 13.8 Å². The second-order valence-electron chi connectivity index (χ2n) is 8.36. The molecule has 0 saturated heterocycles.